The van der Waals surface area contributed by atoms with Crippen LogP contribution in [-0.2, 0) is 0 Å². The number of aldehydes is 1. The van der Waals surface area contributed by atoms with E-state index in [-0.39, 0.29) is 6.03 Å². The average molecular weight is 246 g/mol. The highest BCUT2D eigenvalue weighted by molar-refractivity contribution is 5.90. The predicted molar refractivity (Wildman–Crippen MR) is 70.8 cm³/mol. The second-order valence-corrected chi connectivity index (χ2v) is 4.84. The first-order valence-electron chi connectivity index (χ1n) is 6.30. The van der Waals surface area contributed by atoms with E-state index in [0.29, 0.717) is 17.2 Å². The monoisotopic (exact) mass is 246 g/mol. The van der Waals surface area contributed by atoms with Crippen LogP contribution in [0.25, 0.3) is 0 Å². The molecule has 0 aromatic heterocycles. The van der Waals surface area contributed by atoms with E-state index in [1.807, 2.05) is 4.90 Å². The van der Waals surface area contributed by atoms with Crippen LogP contribution in [-0.4, -0.2) is 30.3 Å². The van der Waals surface area contributed by atoms with Crippen molar-refractivity contribution in [2.75, 3.05) is 18.4 Å². The molecule has 0 saturated carbocycles. The quantitative estimate of drug-likeness (QED) is 0.816. The van der Waals surface area contributed by atoms with Crippen LogP contribution in [0.3, 0.4) is 0 Å². The topological polar surface area (TPSA) is 49.4 Å². The number of likely N-dealkylation sites (tertiary alicyclic amines) is 1. The molecule has 2 amide bonds. The molecule has 4 nitrogen and oxygen atoms in total. The van der Waals surface area contributed by atoms with E-state index < -0.39 is 0 Å². The lowest BCUT2D eigenvalue weighted by Crippen LogP contribution is -2.40. The van der Waals surface area contributed by atoms with Crippen molar-refractivity contribution in [1.29, 1.82) is 0 Å². The minimum atomic E-state index is -0.0788. The molecule has 4 heteroatoms. The van der Waals surface area contributed by atoms with Crippen molar-refractivity contribution in [3.8, 4) is 0 Å². The number of benzene rings is 1. The molecule has 2 rings (SSSR count). The molecule has 1 aromatic rings. The third-order valence-electron chi connectivity index (χ3n) is 3.34. The predicted octanol–water partition coefficient (Wildman–Crippen LogP) is 2.76. The van der Waals surface area contributed by atoms with Crippen molar-refractivity contribution >= 4 is 18.0 Å². The third-order valence-corrected chi connectivity index (χ3v) is 3.34. The van der Waals surface area contributed by atoms with Gasteiger partial charge in [0.15, 0.2) is 0 Å². The second-order valence-electron chi connectivity index (χ2n) is 4.84. The second kappa shape index (κ2) is 5.67. The number of piperidine rings is 1. The van der Waals surface area contributed by atoms with Crippen molar-refractivity contribution < 1.29 is 9.59 Å². The molecule has 1 saturated heterocycles. The Labute approximate surface area is 107 Å². The summed E-state index contributed by atoms with van der Waals surface area (Å²) in [6, 6.07) is 6.86. The van der Waals surface area contributed by atoms with Gasteiger partial charge in [0, 0.05) is 24.3 Å². The molecule has 0 aliphatic carbocycles. The van der Waals surface area contributed by atoms with Crippen LogP contribution < -0.4 is 5.32 Å². The number of anilines is 1. The first-order chi connectivity index (χ1) is 8.69. The number of rotatable bonds is 2. The maximum Gasteiger partial charge on any atom is 0.321 e. The van der Waals surface area contributed by atoms with Crippen LogP contribution in [0.5, 0.6) is 0 Å². The molecule has 1 aliphatic rings. The summed E-state index contributed by atoms with van der Waals surface area (Å²) in [6.07, 6.45) is 2.89. The molecule has 96 valence electrons. The number of hydrogen-bond acceptors (Lipinski definition) is 2. The van der Waals surface area contributed by atoms with E-state index in [1.165, 1.54) is 0 Å². The van der Waals surface area contributed by atoms with Crippen molar-refractivity contribution in [1.82, 2.24) is 4.90 Å². The Morgan fingerprint density at radius 1 is 1.39 bits per heavy atom. The highest BCUT2D eigenvalue weighted by Gasteiger charge is 2.20. The van der Waals surface area contributed by atoms with Gasteiger partial charge in [0.2, 0.25) is 0 Å². The summed E-state index contributed by atoms with van der Waals surface area (Å²) >= 11 is 0. The third kappa shape index (κ3) is 3.09. The van der Waals surface area contributed by atoms with Crippen molar-refractivity contribution in [2.24, 2.45) is 5.92 Å². The Morgan fingerprint density at radius 3 is 2.78 bits per heavy atom. The molecule has 1 aliphatic heterocycles. The highest BCUT2D eigenvalue weighted by atomic mass is 16.2. The number of nitrogens with zero attached hydrogens (tertiary/aromatic N) is 1. The number of hydrogen-bond donors (Lipinski definition) is 1. The molecule has 1 aromatic carbocycles. The average Bonchev–Trinajstić information content (AvgIpc) is 2.39. The fourth-order valence-corrected chi connectivity index (χ4v) is 2.10. The Hall–Kier alpha value is -1.84. The van der Waals surface area contributed by atoms with Crippen molar-refractivity contribution in [2.45, 2.75) is 19.8 Å². The van der Waals surface area contributed by atoms with Crippen molar-refractivity contribution in [3.63, 3.8) is 0 Å². The number of carbonyl (C=O) groups is 2. The summed E-state index contributed by atoms with van der Waals surface area (Å²) in [5, 5.41) is 2.83. The Balaban J connectivity index is 1.96. The van der Waals surface area contributed by atoms with Crippen molar-refractivity contribution in [3.05, 3.63) is 29.8 Å². The molecule has 0 spiro atoms. The number of carbonyl (C=O) groups excluding carboxylic acids is 2. The summed E-state index contributed by atoms with van der Waals surface area (Å²) in [6.45, 7) is 3.82. The normalized spacial score (nSPS) is 16.4. The fraction of sp³-hybridized carbons (Fsp3) is 0.429. The highest BCUT2D eigenvalue weighted by Crippen LogP contribution is 2.17. The SMILES string of the molecule is CC1CCN(C(=O)Nc2cccc(C=O)c2)CC1. The van der Waals surface area contributed by atoms with Crippen LogP contribution in [0.1, 0.15) is 30.1 Å². The summed E-state index contributed by atoms with van der Waals surface area (Å²) in [7, 11) is 0. The molecule has 0 bridgehead atoms. The van der Waals surface area contributed by atoms with Gasteiger partial charge in [0.25, 0.3) is 0 Å². The first kappa shape index (κ1) is 12.6. The molecule has 0 unspecified atom stereocenters. The van der Waals surface area contributed by atoms with Crippen LogP contribution in [0, 0.1) is 5.92 Å². The Kier molecular flexibility index (Phi) is 3.97. The Morgan fingerprint density at radius 2 is 2.11 bits per heavy atom. The number of amides is 2. The van der Waals surface area contributed by atoms with Gasteiger partial charge in [-0.15, -0.1) is 0 Å². The van der Waals surface area contributed by atoms with Gasteiger partial charge in [0.1, 0.15) is 6.29 Å². The van der Waals surface area contributed by atoms with Gasteiger partial charge in [0.05, 0.1) is 0 Å². The van der Waals surface area contributed by atoms with Gasteiger partial charge in [-0.3, -0.25) is 4.79 Å². The van der Waals surface area contributed by atoms with E-state index in [0.717, 1.165) is 32.2 Å². The zero-order chi connectivity index (χ0) is 13.0. The van der Waals surface area contributed by atoms with Gasteiger partial charge in [-0.25, -0.2) is 4.79 Å². The summed E-state index contributed by atoms with van der Waals surface area (Å²) in [4.78, 5) is 24.5. The van der Waals surface area contributed by atoms with Crippen LogP contribution >= 0.6 is 0 Å². The van der Waals surface area contributed by atoms with Crippen LogP contribution in [0.15, 0.2) is 24.3 Å². The van der Waals surface area contributed by atoms with Crippen LogP contribution in [0.2, 0.25) is 0 Å². The molecule has 1 heterocycles. The lowest BCUT2D eigenvalue weighted by molar-refractivity contribution is 0.112. The zero-order valence-corrected chi connectivity index (χ0v) is 10.6. The van der Waals surface area contributed by atoms with E-state index in [1.54, 1.807) is 24.3 Å². The molecule has 1 fully saturated rings. The van der Waals surface area contributed by atoms with Gasteiger partial charge in [-0.1, -0.05) is 19.1 Å². The van der Waals surface area contributed by atoms with E-state index in [2.05, 4.69) is 12.2 Å². The lowest BCUT2D eigenvalue weighted by Gasteiger charge is -2.30. The number of urea groups is 1. The maximum atomic E-state index is 12.0. The molecule has 0 atom stereocenters. The van der Waals surface area contributed by atoms with Crippen LogP contribution in [0.4, 0.5) is 10.5 Å². The smallest absolute Gasteiger partial charge is 0.321 e. The summed E-state index contributed by atoms with van der Waals surface area (Å²) in [5.41, 5.74) is 1.24. The first-order valence-corrected chi connectivity index (χ1v) is 6.30. The zero-order valence-electron chi connectivity index (χ0n) is 10.6. The van der Waals surface area contributed by atoms with Gasteiger partial charge < -0.3 is 10.2 Å². The number of nitrogens with one attached hydrogen (secondary N) is 1. The Bertz CT molecular complexity index is 437. The molecule has 1 N–H and O–H groups in total. The summed E-state index contributed by atoms with van der Waals surface area (Å²) in [5.74, 6) is 0.701. The standard InChI is InChI=1S/C14H18N2O2/c1-11-5-7-16(8-6-11)14(18)15-13-4-2-3-12(9-13)10-17/h2-4,9-11H,5-8H2,1H3,(H,15,18). The molecular formula is C14H18N2O2. The molecule has 0 radical (unpaired) electrons. The van der Waals surface area contributed by atoms with Gasteiger partial charge in [-0.05, 0) is 30.9 Å². The minimum absolute atomic E-state index is 0.0788. The lowest BCUT2D eigenvalue weighted by atomic mass is 10.00. The molecule has 18 heavy (non-hydrogen) atoms. The minimum Gasteiger partial charge on any atom is -0.325 e. The fourth-order valence-electron chi connectivity index (χ4n) is 2.10. The van der Waals surface area contributed by atoms with Gasteiger partial charge >= 0.3 is 6.03 Å². The maximum absolute atomic E-state index is 12.0. The molecular weight excluding hydrogens is 228 g/mol. The largest absolute Gasteiger partial charge is 0.325 e. The summed E-state index contributed by atoms with van der Waals surface area (Å²) < 4.78 is 0. The van der Waals surface area contributed by atoms with E-state index in [9.17, 15) is 9.59 Å². The van der Waals surface area contributed by atoms with Gasteiger partial charge in [-0.2, -0.15) is 0 Å². The van der Waals surface area contributed by atoms with E-state index >= 15 is 0 Å². The van der Waals surface area contributed by atoms with E-state index in [4.69, 9.17) is 0 Å².